The minimum absolute atomic E-state index is 0.368. The molecule has 0 amide bonds. The van der Waals surface area contributed by atoms with Crippen LogP contribution >= 0.6 is 34.5 Å². The van der Waals surface area contributed by atoms with Crippen LogP contribution in [0.5, 0.6) is 0 Å². The van der Waals surface area contributed by atoms with Gasteiger partial charge in [0.1, 0.15) is 16.8 Å². The number of hydrogen-bond donors (Lipinski definition) is 1. The minimum atomic E-state index is 0.368. The van der Waals surface area contributed by atoms with E-state index in [2.05, 4.69) is 25.4 Å². The highest BCUT2D eigenvalue weighted by Gasteiger charge is 2.12. The van der Waals surface area contributed by atoms with Crippen molar-refractivity contribution in [3.63, 3.8) is 0 Å². The predicted molar refractivity (Wildman–Crippen MR) is 96.4 cm³/mol. The second kappa shape index (κ2) is 6.01. The second-order valence-corrected chi connectivity index (χ2v) is 6.67. The maximum atomic E-state index is 5.95. The average Bonchev–Trinajstić information content (AvgIpc) is 3.07. The van der Waals surface area contributed by atoms with E-state index in [9.17, 15) is 0 Å². The molecule has 1 aromatic carbocycles. The summed E-state index contributed by atoms with van der Waals surface area (Å²) in [5, 5.41) is 10.6. The van der Waals surface area contributed by atoms with Crippen LogP contribution in [0.1, 0.15) is 5.82 Å². The normalized spacial score (nSPS) is 11.1. The minimum Gasteiger partial charge on any atom is -0.307 e. The fourth-order valence-corrected chi connectivity index (χ4v) is 3.45. The van der Waals surface area contributed by atoms with Gasteiger partial charge in [-0.3, -0.25) is 0 Å². The van der Waals surface area contributed by atoms with Crippen molar-refractivity contribution in [1.29, 1.82) is 0 Å². The average molecular weight is 377 g/mol. The summed E-state index contributed by atoms with van der Waals surface area (Å²) in [6.07, 6.45) is 0. The highest BCUT2D eigenvalue weighted by molar-refractivity contribution is 7.15. The lowest BCUT2D eigenvalue weighted by Gasteiger charge is -2.02. The first-order chi connectivity index (χ1) is 11.6. The van der Waals surface area contributed by atoms with Gasteiger partial charge in [0, 0.05) is 22.0 Å². The van der Waals surface area contributed by atoms with Crippen LogP contribution in [0.4, 0.5) is 11.8 Å². The van der Waals surface area contributed by atoms with Gasteiger partial charge in [-0.1, -0.05) is 35.3 Å². The number of aryl methyl sites for hydroxylation is 1. The van der Waals surface area contributed by atoms with E-state index in [1.165, 1.54) is 11.3 Å². The number of hydrogen-bond acceptors (Lipinski definition) is 6. The molecule has 4 aromatic rings. The Hall–Kier alpha value is -2.22. The molecule has 3 heterocycles. The van der Waals surface area contributed by atoms with Gasteiger partial charge in [-0.05, 0) is 19.1 Å². The topological polar surface area (TPSA) is 68.0 Å². The summed E-state index contributed by atoms with van der Waals surface area (Å²) >= 11 is 13.4. The third-order valence-corrected chi connectivity index (χ3v) is 4.53. The molecule has 3 aromatic heterocycles. The van der Waals surface area contributed by atoms with Crippen LogP contribution in [0, 0.1) is 6.92 Å². The monoisotopic (exact) mass is 376 g/mol. The molecule has 0 unspecified atom stereocenters. The lowest BCUT2D eigenvalue weighted by atomic mass is 10.2. The first kappa shape index (κ1) is 15.3. The number of rotatable bonds is 3. The number of aromatic nitrogens is 5. The molecule has 0 saturated carbocycles. The molecular weight excluding hydrogens is 367 g/mol. The van der Waals surface area contributed by atoms with Crippen LogP contribution in [-0.2, 0) is 0 Å². The maximum absolute atomic E-state index is 5.95. The molecule has 1 N–H and O–H groups in total. The SMILES string of the molecule is Cc1nc(Cl)cc(Nc2nc3scc(-c4ccc(Cl)cc4)n3n2)n1. The van der Waals surface area contributed by atoms with Crippen molar-refractivity contribution in [3.8, 4) is 11.3 Å². The van der Waals surface area contributed by atoms with Gasteiger partial charge >= 0.3 is 0 Å². The fourth-order valence-electron chi connectivity index (χ4n) is 2.26. The van der Waals surface area contributed by atoms with Crippen LogP contribution in [0.3, 0.4) is 0 Å². The van der Waals surface area contributed by atoms with Crippen LogP contribution in [-0.4, -0.2) is 24.6 Å². The fraction of sp³-hybridized carbons (Fsp3) is 0.0667. The van der Waals surface area contributed by atoms with Crippen molar-refractivity contribution in [2.75, 3.05) is 5.32 Å². The summed E-state index contributed by atoms with van der Waals surface area (Å²) in [7, 11) is 0. The molecule has 0 fully saturated rings. The van der Waals surface area contributed by atoms with Gasteiger partial charge in [0.2, 0.25) is 10.9 Å². The predicted octanol–water partition coefficient (Wildman–Crippen LogP) is 4.61. The number of nitrogens with one attached hydrogen (secondary N) is 1. The molecule has 0 spiro atoms. The van der Waals surface area contributed by atoms with Gasteiger partial charge in [-0.25, -0.2) is 14.5 Å². The van der Waals surface area contributed by atoms with Gasteiger partial charge < -0.3 is 5.32 Å². The maximum Gasteiger partial charge on any atom is 0.249 e. The van der Waals surface area contributed by atoms with Crippen molar-refractivity contribution in [2.24, 2.45) is 0 Å². The van der Waals surface area contributed by atoms with Crippen LogP contribution in [0.25, 0.3) is 16.2 Å². The van der Waals surface area contributed by atoms with Crippen LogP contribution in [0.15, 0.2) is 35.7 Å². The number of thiazole rings is 1. The number of fused-ring (bicyclic) bond motifs is 1. The summed E-state index contributed by atoms with van der Waals surface area (Å²) in [4.78, 5) is 13.5. The summed E-state index contributed by atoms with van der Waals surface area (Å²) < 4.78 is 1.78. The molecule has 4 rings (SSSR count). The van der Waals surface area contributed by atoms with E-state index in [1.54, 1.807) is 17.5 Å². The second-order valence-electron chi connectivity index (χ2n) is 5.01. The van der Waals surface area contributed by atoms with E-state index in [0.717, 1.165) is 16.2 Å². The van der Waals surface area contributed by atoms with Gasteiger partial charge in [-0.2, -0.15) is 4.98 Å². The molecule has 24 heavy (non-hydrogen) atoms. The third-order valence-electron chi connectivity index (χ3n) is 3.27. The van der Waals surface area contributed by atoms with Crippen LogP contribution < -0.4 is 5.32 Å². The largest absolute Gasteiger partial charge is 0.307 e. The summed E-state index contributed by atoms with van der Waals surface area (Å²) in [5.41, 5.74) is 1.96. The van der Waals surface area contributed by atoms with Crippen molar-refractivity contribution >= 4 is 51.3 Å². The Labute approximate surface area is 151 Å². The Balaban J connectivity index is 1.70. The molecule has 0 radical (unpaired) electrons. The number of nitrogens with zero attached hydrogens (tertiary/aromatic N) is 5. The molecule has 6 nitrogen and oxygen atoms in total. The van der Waals surface area contributed by atoms with E-state index in [-0.39, 0.29) is 0 Å². The Morgan fingerprint density at radius 2 is 1.88 bits per heavy atom. The molecule has 0 aliphatic heterocycles. The number of anilines is 2. The lowest BCUT2D eigenvalue weighted by molar-refractivity contribution is 0.983. The molecule has 0 bridgehead atoms. The first-order valence-electron chi connectivity index (χ1n) is 6.97. The molecule has 9 heteroatoms. The molecule has 120 valence electrons. The van der Waals surface area contributed by atoms with Gasteiger partial charge in [0.05, 0.1) is 5.69 Å². The van der Waals surface area contributed by atoms with E-state index in [4.69, 9.17) is 23.2 Å². The molecular formula is C15H10Cl2N6S. The Morgan fingerprint density at radius 1 is 1.08 bits per heavy atom. The Morgan fingerprint density at radius 3 is 2.62 bits per heavy atom. The van der Waals surface area contributed by atoms with Crippen molar-refractivity contribution in [3.05, 3.63) is 51.7 Å². The number of halogens is 2. The lowest BCUT2D eigenvalue weighted by Crippen LogP contribution is -1.99. The standard InChI is InChI=1S/C15H10Cl2N6S/c1-8-18-12(17)6-13(19-8)20-14-21-15-23(22-14)11(7-24-15)9-2-4-10(16)5-3-9/h2-7H,1H3,(H,18,19,20,22). The zero-order valence-electron chi connectivity index (χ0n) is 12.4. The van der Waals surface area contributed by atoms with E-state index in [0.29, 0.717) is 27.8 Å². The van der Waals surface area contributed by atoms with Gasteiger partial charge in [0.25, 0.3) is 0 Å². The van der Waals surface area contributed by atoms with E-state index >= 15 is 0 Å². The van der Waals surface area contributed by atoms with Crippen molar-refractivity contribution < 1.29 is 0 Å². The summed E-state index contributed by atoms with van der Waals surface area (Å²) in [6, 6.07) is 9.23. The quantitative estimate of drug-likeness (QED) is 0.528. The molecule has 0 aliphatic carbocycles. The molecule has 0 atom stereocenters. The Bertz CT molecular complexity index is 1000. The van der Waals surface area contributed by atoms with E-state index < -0.39 is 0 Å². The van der Waals surface area contributed by atoms with Crippen LogP contribution in [0.2, 0.25) is 10.2 Å². The van der Waals surface area contributed by atoms with Crippen molar-refractivity contribution in [2.45, 2.75) is 6.92 Å². The summed E-state index contributed by atoms with van der Waals surface area (Å²) in [5.74, 6) is 1.58. The third kappa shape index (κ3) is 2.93. The number of benzene rings is 1. The Kier molecular flexibility index (Phi) is 3.84. The first-order valence-corrected chi connectivity index (χ1v) is 8.60. The van der Waals surface area contributed by atoms with E-state index in [1.807, 2.05) is 29.6 Å². The van der Waals surface area contributed by atoms with Gasteiger partial charge in [-0.15, -0.1) is 16.4 Å². The van der Waals surface area contributed by atoms with Crippen molar-refractivity contribution in [1.82, 2.24) is 24.6 Å². The van der Waals surface area contributed by atoms with Gasteiger partial charge in [0.15, 0.2) is 0 Å². The highest BCUT2D eigenvalue weighted by Crippen LogP contribution is 2.27. The summed E-state index contributed by atoms with van der Waals surface area (Å²) in [6.45, 7) is 1.77. The zero-order valence-corrected chi connectivity index (χ0v) is 14.7. The molecule has 0 saturated heterocycles. The zero-order chi connectivity index (χ0) is 16.7. The molecule has 0 aliphatic rings. The smallest absolute Gasteiger partial charge is 0.249 e. The highest BCUT2D eigenvalue weighted by atomic mass is 35.5.